The Bertz CT molecular complexity index is 646. The zero-order valence-electron chi connectivity index (χ0n) is 13.2. The van der Waals surface area contributed by atoms with E-state index >= 15 is 0 Å². The molecule has 0 saturated heterocycles. The van der Waals surface area contributed by atoms with Gasteiger partial charge in [0.25, 0.3) is 0 Å². The molecule has 2 unspecified atom stereocenters. The average molecular weight is 369 g/mol. The van der Waals surface area contributed by atoms with Gasteiger partial charge in [-0.3, -0.25) is 0 Å². The standard InChI is InChI=1S/C18H18Cl2O4/c1-13(19)22-11-12-23-15-9-5-6-10-16(15)24-18(21)17(20)14-7-3-2-4-8-14/h2-10,13,17H,11-12H2,1H3. The minimum Gasteiger partial charge on any atom is -0.487 e. The van der Waals surface area contributed by atoms with Crippen molar-refractivity contribution in [2.75, 3.05) is 13.2 Å². The lowest BCUT2D eigenvalue weighted by molar-refractivity contribution is -0.134. The summed E-state index contributed by atoms with van der Waals surface area (Å²) in [5.41, 5.74) is 0.289. The predicted molar refractivity (Wildman–Crippen MR) is 93.9 cm³/mol. The lowest BCUT2D eigenvalue weighted by atomic mass is 10.1. The highest BCUT2D eigenvalue weighted by Gasteiger charge is 2.21. The van der Waals surface area contributed by atoms with E-state index in [-0.39, 0.29) is 12.2 Å². The molecule has 0 radical (unpaired) electrons. The van der Waals surface area contributed by atoms with Crippen molar-refractivity contribution in [3.8, 4) is 11.5 Å². The van der Waals surface area contributed by atoms with Crippen LogP contribution < -0.4 is 9.47 Å². The molecular formula is C18H18Cl2O4. The first-order valence-electron chi connectivity index (χ1n) is 7.46. The van der Waals surface area contributed by atoms with E-state index in [0.717, 1.165) is 0 Å². The van der Waals surface area contributed by atoms with Crippen LogP contribution in [-0.2, 0) is 9.53 Å². The summed E-state index contributed by atoms with van der Waals surface area (Å²) < 4.78 is 16.1. The molecule has 4 nitrogen and oxygen atoms in total. The second-order valence-corrected chi connectivity index (χ2v) is 5.95. The first kappa shape index (κ1) is 18.6. The third-order valence-corrected chi connectivity index (χ3v) is 3.60. The van der Waals surface area contributed by atoms with Crippen LogP contribution in [0.1, 0.15) is 17.9 Å². The number of hydrogen-bond acceptors (Lipinski definition) is 4. The third kappa shape index (κ3) is 5.71. The zero-order valence-corrected chi connectivity index (χ0v) is 14.7. The van der Waals surface area contributed by atoms with Gasteiger partial charge in [0.1, 0.15) is 12.2 Å². The SMILES string of the molecule is CC(Cl)OCCOc1ccccc1OC(=O)C(Cl)c1ccccc1. The van der Waals surface area contributed by atoms with E-state index in [1.54, 1.807) is 43.3 Å². The first-order valence-corrected chi connectivity index (χ1v) is 8.33. The number of carbonyl (C=O) groups excluding carboxylic acids is 1. The number of alkyl halides is 2. The molecule has 0 amide bonds. The lowest BCUT2D eigenvalue weighted by Crippen LogP contribution is -2.16. The largest absolute Gasteiger partial charge is 0.487 e. The molecule has 0 fully saturated rings. The molecule has 0 N–H and O–H groups in total. The molecule has 0 aromatic heterocycles. The maximum atomic E-state index is 12.2. The smallest absolute Gasteiger partial charge is 0.334 e. The second kappa shape index (κ2) is 9.52. The van der Waals surface area contributed by atoms with Crippen molar-refractivity contribution in [3.05, 3.63) is 60.2 Å². The van der Waals surface area contributed by atoms with Gasteiger partial charge in [0.15, 0.2) is 16.9 Å². The van der Waals surface area contributed by atoms with Crippen LogP contribution in [0.25, 0.3) is 0 Å². The first-order chi connectivity index (χ1) is 11.6. The minimum atomic E-state index is -0.889. The molecule has 2 atom stereocenters. The number of halogens is 2. The van der Waals surface area contributed by atoms with Crippen molar-refractivity contribution in [2.45, 2.75) is 17.9 Å². The lowest BCUT2D eigenvalue weighted by Gasteiger charge is -2.14. The molecule has 0 aliphatic carbocycles. The van der Waals surface area contributed by atoms with Gasteiger partial charge >= 0.3 is 5.97 Å². The Morgan fingerprint density at radius 2 is 1.58 bits per heavy atom. The number of benzene rings is 2. The van der Waals surface area contributed by atoms with Crippen molar-refractivity contribution < 1.29 is 19.0 Å². The summed E-state index contributed by atoms with van der Waals surface area (Å²) in [4.78, 5) is 12.2. The van der Waals surface area contributed by atoms with Crippen LogP contribution in [0.4, 0.5) is 0 Å². The molecule has 0 saturated carbocycles. The molecule has 2 aromatic rings. The molecule has 0 spiro atoms. The molecule has 128 valence electrons. The van der Waals surface area contributed by atoms with Gasteiger partial charge in [0, 0.05) is 0 Å². The third-order valence-electron chi connectivity index (χ3n) is 3.05. The van der Waals surface area contributed by atoms with Gasteiger partial charge in [0.2, 0.25) is 0 Å². The summed E-state index contributed by atoms with van der Waals surface area (Å²) in [6.07, 6.45) is 0. The van der Waals surface area contributed by atoms with E-state index in [9.17, 15) is 4.79 Å². The monoisotopic (exact) mass is 368 g/mol. The Balaban J connectivity index is 1.97. The number of ether oxygens (including phenoxy) is 3. The van der Waals surface area contributed by atoms with E-state index in [1.807, 2.05) is 18.2 Å². The minimum absolute atomic E-state index is 0.286. The molecule has 0 heterocycles. The van der Waals surface area contributed by atoms with Gasteiger partial charge in [-0.05, 0) is 24.6 Å². The number of rotatable bonds is 8. The maximum Gasteiger partial charge on any atom is 0.334 e. The predicted octanol–water partition coefficient (Wildman–Crippen LogP) is 4.55. The fourth-order valence-electron chi connectivity index (χ4n) is 1.93. The molecule has 6 heteroatoms. The van der Waals surface area contributed by atoms with Crippen molar-refractivity contribution in [2.24, 2.45) is 0 Å². The number of carbonyl (C=O) groups is 1. The van der Waals surface area contributed by atoms with Gasteiger partial charge in [-0.25, -0.2) is 4.79 Å². The highest BCUT2D eigenvalue weighted by molar-refractivity contribution is 6.30. The Hall–Kier alpha value is -1.75. The van der Waals surface area contributed by atoms with E-state index in [4.69, 9.17) is 37.4 Å². The summed E-state index contributed by atoms with van der Waals surface area (Å²) in [6.45, 7) is 2.34. The Labute approximate surface area is 151 Å². The molecule has 2 aromatic carbocycles. The molecule has 2 rings (SSSR count). The highest BCUT2D eigenvalue weighted by Crippen LogP contribution is 2.29. The molecule has 0 aliphatic heterocycles. The zero-order chi connectivity index (χ0) is 17.4. The Morgan fingerprint density at radius 1 is 0.958 bits per heavy atom. The summed E-state index contributed by atoms with van der Waals surface area (Å²) in [6, 6.07) is 15.9. The van der Waals surface area contributed by atoms with Crippen LogP contribution in [0.2, 0.25) is 0 Å². The van der Waals surface area contributed by atoms with Crippen molar-refractivity contribution in [1.29, 1.82) is 0 Å². The van der Waals surface area contributed by atoms with Crippen LogP contribution in [0, 0.1) is 0 Å². The van der Waals surface area contributed by atoms with Crippen LogP contribution in [0.3, 0.4) is 0 Å². The summed E-state index contributed by atoms with van der Waals surface area (Å²) >= 11 is 11.9. The van der Waals surface area contributed by atoms with Crippen LogP contribution in [-0.4, -0.2) is 24.7 Å². The van der Waals surface area contributed by atoms with Gasteiger partial charge in [-0.15, -0.1) is 11.6 Å². The number of para-hydroxylation sites is 2. The second-order valence-electron chi connectivity index (χ2n) is 4.90. The van der Waals surface area contributed by atoms with E-state index < -0.39 is 11.3 Å². The van der Waals surface area contributed by atoms with Gasteiger partial charge in [0.05, 0.1) is 6.61 Å². The van der Waals surface area contributed by atoms with Gasteiger partial charge in [-0.1, -0.05) is 54.1 Å². The topological polar surface area (TPSA) is 44.8 Å². The molecule has 24 heavy (non-hydrogen) atoms. The summed E-state index contributed by atoms with van der Waals surface area (Å²) in [5.74, 6) is 0.182. The molecular weight excluding hydrogens is 351 g/mol. The highest BCUT2D eigenvalue weighted by atomic mass is 35.5. The Morgan fingerprint density at radius 3 is 2.25 bits per heavy atom. The summed E-state index contributed by atoms with van der Waals surface area (Å²) in [5, 5.41) is -0.889. The van der Waals surface area contributed by atoms with Crippen LogP contribution in [0.15, 0.2) is 54.6 Å². The van der Waals surface area contributed by atoms with Crippen molar-refractivity contribution in [3.63, 3.8) is 0 Å². The average Bonchev–Trinajstić information content (AvgIpc) is 2.60. The normalized spacial score (nSPS) is 13.1. The molecule has 0 bridgehead atoms. The fourth-order valence-corrected chi connectivity index (χ4v) is 2.21. The number of hydrogen-bond donors (Lipinski definition) is 0. The van der Waals surface area contributed by atoms with Gasteiger partial charge in [-0.2, -0.15) is 0 Å². The van der Waals surface area contributed by atoms with Crippen molar-refractivity contribution in [1.82, 2.24) is 0 Å². The van der Waals surface area contributed by atoms with E-state index in [1.165, 1.54) is 0 Å². The molecule has 0 aliphatic rings. The van der Waals surface area contributed by atoms with E-state index in [2.05, 4.69) is 0 Å². The van der Waals surface area contributed by atoms with Crippen LogP contribution in [0.5, 0.6) is 11.5 Å². The fraction of sp³-hybridized carbons (Fsp3) is 0.278. The quantitative estimate of drug-likeness (QED) is 0.296. The Kier molecular flexibility index (Phi) is 7.37. The maximum absolute atomic E-state index is 12.2. The summed E-state index contributed by atoms with van der Waals surface area (Å²) in [7, 11) is 0. The van der Waals surface area contributed by atoms with Crippen molar-refractivity contribution >= 4 is 29.2 Å². The van der Waals surface area contributed by atoms with Gasteiger partial charge < -0.3 is 14.2 Å². The number of esters is 1. The van der Waals surface area contributed by atoms with Crippen LogP contribution >= 0.6 is 23.2 Å². The van der Waals surface area contributed by atoms with E-state index in [0.29, 0.717) is 23.7 Å².